The van der Waals surface area contributed by atoms with Gasteiger partial charge in [0.05, 0.1) is 6.04 Å². The van der Waals surface area contributed by atoms with Crippen molar-refractivity contribution in [3.63, 3.8) is 0 Å². The highest BCUT2D eigenvalue weighted by Gasteiger charge is 2.32. The van der Waals surface area contributed by atoms with Crippen molar-refractivity contribution < 1.29 is 23.1 Å². The van der Waals surface area contributed by atoms with E-state index in [9.17, 15) is 14.0 Å². The summed E-state index contributed by atoms with van der Waals surface area (Å²) in [5.74, 6) is 0.333. The molecule has 3 aromatic carbocycles. The summed E-state index contributed by atoms with van der Waals surface area (Å²) in [6.45, 7) is 6.57. The Morgan fingerprint density at radius 3 is 2.67 bits per heavy atom. The molecule has 0 aliphatic carbocycles. The van der Waals surface area contributed by atoms with Gasteiger partial charge in [-0.15, -0.1) is 0 Å². The third-order valence-electron chi connectivity index (χ3n) is 6.87. The number of anilines is 1. The van der Waals surface area contributed by atoms with Gasteiger partial charge in [0.2, 0.25) is 11.8 Å². The zero-order chi connectivity index (χ0) is 28.2. The molecule has 1 aliphatic heterocycles. The molecule has 0 bridgehead atoms. The lowest BCUT2D eigenvalue weighted by Crippen LogP contribution is -2.41. The lowest BCUT2D eigenvalue weighted by atomic mass is 9.87. The first-order chi connectivity index (χ1) is 19.3. The zero-order valence-electron chi connectivity index (χ0n) is 22.8. The van der Waals surface area contributed by atoms with Crippen molar-refractivity contribution in [2.45, 2.75) is 46.3 Å². The van der Waals surface area contributed by atoms with Gasteiger partial charge in [-0.05, 0) is 72.4 Å². The van der Waals surface area contributed by atoms with Crippen LogP contribution in [0.25, 0.3) is 0 Å². The molecule has 0 saturated carbocycles. The molecule has 0 saturated heterocycles. The fourth-order valence-corrected chi connectivity index (χ4v) is 4.91. The molecule has 8 heteroatoms. The van der Waals surface area contributed by atoms with Crippen molar-refractivity contribution in [3.05, 3.63) is 113 Å². The Balaban J connectivity index is 1.33. The second kappa shape index (κ2) is 11.7. The van der Waals surface area contributed by atoms with E-state index in [4.69, 9.17) is 9.15 Å². The maximum atomic E-state index is 14.2. The molecule has 1 aliphatic rings. The van der Waals surface area contributed by atoms with Crippen LogP contribution in [0.4, 0.5) is 10.1 Å². The third-order valence-corrected chi connectivity index (χ3v) is 6.87. The quantitative estimate of drug-likeness (QED) is 0.276. The molecule has 5 rings (SSSR count). The van der Waals surface area contributed by atoms with Gasteiger partial charge in [-0.1, -0.05) is 49.7 Å². The molecular formula is C32H32FN3O4. The summed E-state index contributed by atoms with van der Waals surface area (Å²) in [5, 5.41) is 2.79. The van der Waals surface area contributed by atoms with Crippen molar-refractivity contribution >= 4 is 17.5 Å². The van der Waals surface area contributed by atoms with Crippen LogP contribution in [-0.4, -0.2) is 28.2 Å². The molecule has 2 amide bonds. The van der Waals surface area contributed by atoms with Crippen LogP contribution in [0.1, 0.15) is 64.9 Å². The minimum atomic E-state index is -0.423. The van der Waals surface area contributed by atoms with Gasteiger partial charge in [-0.3, -0.25) is 9.59 Å². The van der Waals surface area contributed by atoms with Gasteiger partial charge in [0.25, 0.3) is 5.91 Å². The van der Waals surface area contributed by atoms with Crippen LogP contribution in [0.15, 0.2) is 77.4 Å². The second-order valence-corrected chi connectivity index (χ2v) is 10.5. The standard InChI is InChI=1S/C32H32FN3O4/c1-20(2)15-30(37)36-14-13-22-9-12-26(17-27(22)31(36)23-5-4-6-24(33)16-23)39-19-29-35-28(18-40-29)32(38)34-25-10-7-21(3)8-11-25/h4-12,16-18,20,31H,13-15,19H2,1-3H3,(H,34,38)/t31-/m0/s1. The van der Waals surface area contributed by atoms with Gasteiger partial charge >= 0.3 is 0 Å². The van der Waals surface area contributed by atoms with E-state index < -0.39 is 6.04 Å². The molecule has 0 radical (unpaired) electrons. The topological polar surface area (TPSA) is 84.7 Å². The second-order valence-electron chi connectivity index (χ2n) is 10.5. The van der Waals surface area contributed by atoms with E-state index in [1.54, 1.807) is 6.07 Å². The van der Waals surface area contributed by atoms with E-state index in [0.717, 1.165) is 16.7 Å². The molecule has 0 unspecified atom stereocenters. The van der Waals surface area contributed by atoms with E-state index in [-0.39, 0.29) is 41.7 Å². The number of fused-ring (bicyclic) bond motifs is 1. The lowest BCUT2D eigenvalue weighted by Gasteiger charge is -2.38. The van der Waals surface area contributed by atoms with Crippen LogP contribution >= 0.6 is 0 Å². The number of halogens is 1. The van der Waals surface area contributed by atoms with E-state index in [1.807, 2.05) is 74.2 Å². The Morgan fingerprint density at radius 2 is 1.93 bits per heavy atom. The normalized spacial score (nSPS) is 14.6. The Bertz CT molecular complexity index is 1510. The van der Waals surface area contributed by atoms with Crippen LogP contribution in [0.3, 0.4) is 0 Å². The SMILES string of the molecule is Cc1ccc(NC(=O)c2coc(COc3ccc4c(c3)[C@H](c3cccc(F)c3)N(C(=O)CC(C)C)CC4)n2)cc1. The zero-order valence-corrected chi connectivity index (χ0v) is 22.8. The van der Waals surface area contributed by atoms with Crippen molar-refractivity contribution in [1.29, 1.82) is 0 Å². The van der Waals surface area contributed by atoms with Crippen molar-refractivity contribution in [1.82, 2.24) is 9.88 Å². The van der Waals surface area contributed by atoms with Crippen LogP contribution in [0.2, 0.25) is 0 Å². The summed E-state index contributed by atoms with van der Waals surface area (Å²) in [4.78, 5) is 31.9. The number of aryl methyl sites for hydroxylation is 1. The summed E-state index contributed by atoms with van der Waals surface area (Å²) >= 11 is 0. The molecule has 206 valence electrons. The highest BCUT2D eigenvalue weighted by molar-refractivity contribution is 6.02. The highest BCUT2D eigenvalue weighted by atomic mass is 19.1. The number of hydrogen-bond acceptors (Lipinski definition) is 5. The maximum Gasteiger partial charge on any atom is 0.277 e. The van der Waals surface area contributed by atoms with Gasteiger partial charge in [0.15, 0.2) is 12.3 Å². The number of aromatic nitrogens is 1. The van der Waals surface area contributed by atoms with Crippen molar-refractivity contribution in [3.8, 4) is 5.75 Å². The minimum Gasteiger partial charge on any atom is -0.484 e. The van der Waals surface area contributed by atoms with Crippen molar-refractivity contribution in [2.75, 3.05) is 11.9 Å². The molecule has 0 fully saturated rings. The molecule has 1 atom stereocenters. The summed E-state index contributed by atoms with van der Waals surface area (Å²) in [7, 11) is 0. The fourth-order valence-electron chi connectivity index (χ4n) is 4.91. The number of amides is 2. The predicted molar refractivity (Wildman–Crippen MR) is 150 cm³/mol. The van der Waals surface area contributed by atoms with E-state index in [2.05, 4.69) is 10.3 Å². The first kappa shape index (κ1) is 27.1. The monoisotopic (exact) mass is 541 g/mol. The fraction of sp³-hybridized carbons (Fsp3) is 0.281. The van der Waals surface area contributed by atoms with Gasteiger partial charge < -0.3 is 19.4 Å². The van der Waals surface area contributed by atoms with Crippen molar-refractivity contribution in [2.24, 2.45) is 5.92 Å². The Kier molecular flexibility index (Phi) is 7.96. The van der Waals surface area contributed by atoms with Crippen LogP contribution in [0, 0.1) is 18.7 Å². The van der Waals surface area contributed by atoms with E-state index in [0.29, 0.717) is 36.4 Å². The Morgan fingerprint density at radius 1 is 1.12 bits per heavy atom. The average Bonchev–Trinajstić information content (AvgIpc) is 3.41. The van der Waals surface area contributed by atoms with Crippen LogP contribution in [0.5, 0.6) is 5.75 Å². The molecule has 1 aromatic heterocycles. The minimum absolute atomic E-state index is 0.0111. The van der Waals surface area contributed by atoms with E-state index >= 15 is 0 Å². The van der Waals surface area contributed by atoms with Crippen LogP contribution in [-0.2, 0) is 17.8 Å². The summed E-state index contributed by atoms with van der Waals surface area (Å²) < 4.78 is 25.7. The first-order valence-corrected chi connectivity index (χ1v) is 13.4. The highest BCUT2D eigenvalue weighted by Crippen LogP contribution is 2.38. The largest absolute Gasteiger partial charge is 0.484 e. The Labute approximate surface area is 233 Å². The number of nitrogens with zero attached hydrogens (tertiary/aromatic N) is 2. The van der Waals surface area contributed by atoms with Gasteiger partial charge in [-0.25, -0.2) is 9.37 Å². The van der Waals surface area contributed by atoms with Gasteiger partial charge in [0, 0.05) is 18.7 Å². The molecular weight excluding hydrogens is 509 g/mol. The molecule has 7 nitrogen and oxygen atoms in total. The average molecular weight is 542 g/mol. The molecule has 40 heavy (non-hydrogen) atoms. The summed E-state index contributed by atoms with van der Waals surface area (Å²) in [6, 6.07) is 19.2. The Hall–Kier alpha value is -4.46. The first-order valence-electron chi connectivity index (χ1n) is 13.4. The third kappa shape index (κ3) is 6.22. The number of carbonyl (C=O) groups is 2. The number of oxazole rings is 1. The molecule has 4 aromatic rings. The molecule has 2 heterocycles. The number of benzene rings is 3. The molecule has 1 N–H and O–H groups in total. The number of carbonyl (C=O) groups excluding carboxylic acids is 2. The molecule has 0 spiro atoms. The summed E-state index contributed by atoms with van der Waals surface area (Å²) in [6.07, 6.45) is 2.42. The number of nitrogens with one attached hydrogen (secondary N) is 1. The lowest BCUT2D eigenvalue weighted by molar-refractivity contribution is -0.134. The smallest absolute Gasteiger partial charge is 0.277 e. The predicted octanol–water partition coefficient (Wildman–Crippen LogP) is 6.47. The van der Waals surface area contributed by atoms with Crippen LogP contribution < -0.4 is 10.1 Å². The maximum absolute atomic E-state index is 14.2. The van der Waals surface area contributed by atoms with E-state index in [1.165, 1.54) is 18.4 Å². The number of rotatable bonds is 8. The van der Waals surface area contributed by atoms with Gasteiger partial charge in [0.1, 0.15) is 17.8 Å². The number of hydrogen-bond donors (Lipinski definition) is 1. The van der Waals surface area contributed by atoms with Gasteiger partial charge in [-0.2, -0.15) is 0 Å². The number of ether oxygens (including phenoxy) is 1. The summed E-state index contributed by atoms with van der Waals surface area (Å²) in [5.41, 5.74) is 4.61.